The van der Waals surface area contributed by atoms with Crippen LogP contribution in [0.2, 0.25) is 0 Å². The third kappa shape index (κ3) is 3.48. The first-order chi connectivity index (χ1) is 9.55. The molecule has 3 atom stereocenters. The highest BCUT2D eigenvalue weighted by Gasteiger charge is 2.64. The van der Waals surface area contributed by atoms with Gasteiger partial charge in [-0.15, -0.1) is 0 Å². The summed E-state index contributed by atoms with van der Waals surface area (Å²) in [6, 6.07) is -0.864. The highest BCUT2D eigenvalue weighted by Crippen LogP contribution is 2.46. The number of carboxylic acid groups (broad SMARTS) is 1. The molecule has 1 heterocycles. The van der Waals surface area contributed by atoms with Gasteiger partial charge in [0, 0.05) is 19.1 Å². The molecule has 0 saturated carbocycles. The Morgan fingerprint density at radius 1 is 1.38 bits per heavy atom. The van der Waals surface area contributed by atoms with Gasteiger partial charge in [0.05, 0.1) is 6.04 Å². The fourth-order valence-electron chi connectivity index (χ4n) is 2.33. The Hall–Kier alpha value is -1.31. The molecule has 122 valence electrons. The van der Waals surface area contributed by atoms with Crippen molar-refractivity contribution in [3.05, 3.63) is 0 Å². The molecule has 5 nitrogen and oxygen atoms in total. The monoisotopic (exact) mass is 310 g/mol. The van der Waals surface area contributed by atoms with Crippen LogP contribution < -0.4 is 5.32 Å². The maximum atomic E-state index is 13.1. The molecule has 1 aliphatic rings. The van der Waals surface area contributed by atoms with Crippen molar-refractivity contribution >= 4 is 11.9 Å². The summed E-state index contributed by atoms with van der Waals surface area (Å²) in [5.41, 5.74) is -2.78. The highest BCUT2D eigenvalue weighted by molar-refractivity contribution is 5.82. The molecule has 2 N–H and O–H groups in total. The van der Waals surface area contributed by atoms with Gasteiger partial charge in [-0.1, -0.05) is 6.92 Å². The normalized spacial score (nSPS) is 26.4. The summed E-state index contributed by atoms with van der Waals surface area (Å²) in [4.78, 5) is 24.3. The molecule has 3 unspecified atom stereocenters. The van der Waals surface area contributed by atoms with E-state index >= 15 is 0 Å². The predicted molar refractivity (Wildman–Crippen MR) is 69.7 cm³/mol. The number of likely N-dealkylation sites (tertiary alicyclic amines) is 1. The molecule has 0 radical (unpaired) electrons. The summed E-state index contributed by atoms with van der Waals surface area (Å²) >= 11 is 0. The van der Waals surface area contributed by atoms with Gasteiger partial charge in [0.2, 0.25) is 5.91 Å². The van der Waals surface area contributed by atoms with Crippen LogP contribution in [0.4, 0.5) is 13.2 Å². The summed E-state index contributed by atoms with van der Waals surface area (Å²) in [6.07, 6.45) is -4.66. The molecular weight excluding hydrogens is 289 g/mol. The van der Waals surface area contributed by atoms with Gasteiger partial charge < -0.3 is 10.4 Å². The number of carbonyl (C=O) groups is 2. The molecular formula is C13H21F3N2O3. The first kappa shape index (κ1) is 17.7. The van der Waals surface area contributed by atoms with Crippen molar-refractivity contribution in [2.45, 2.75) is 51.9 Å². The minimum atomic E-state index is -4.83. The lowest BCUT2D eigenvalue weighted by atomic mass is 9.86. The second kappa shape index (κ2) is 6.21. The molecule has 1 aliphatic heterocycles. The molecule has 0 aromatic heterocycles. The fourth-order valence-corrected chi connectivity index (χ4v) is 2.33. The zero-order valence-electron chi connectivity index (χ0n) is 12.3. The van der Waals surface area contributed by atoms with E-state index in [9.17, 15) is 22.8 Å². The van der Waals surface area contributed by atoms with Gasteiger partial charge in [-0.3, -0.25) is 14.5 Å². The van der Waals surface area contributed by atoms with E-state index in [0.717, 1.165) is 0 Å². The van der Waals surface area contributed by atoms with Gasteiger partial charge in [0.15, 0.2) is 5.41 Å². The molecule has 21 heavy (non-hydrogen) atoms. The average Bonchev–Trinajstić information content (AvgIpc) is 2.83. The largest absolute Gasteiger partial charge is 0.481 e. The Kier molecular flexibility index (Phi) is 5.25. The van der Waals surface area contributed by atoms with Crippen molar-refractivity contribution in [2.24, 2.45) is 5.41 Å². The lowest BCUT2D eigenvalue weighted by Gasteiger charge is -2.29. The Morgan fingerprint density at radius 3 is 2.33 bits per heavy atom. The Labute approximate surface area is 121 Å². The highest BCUT2D eigenvalue weighted by atomic mass is 19.4. The summed E-state index contributed by atoms with van der Waals surface area (Å²) in [7, 11) is 0. The predicted octanol–water partition coefficient (Wildman–Crippen LogP) is 1.63. The molecule has 0 aromatic carbocycles. The Morgan fingerprint density at radius 2 is 1.95 bits per heavy atom. The van der Waals surface area contributed by atoms with Crippen LogP contribution >= 0.6 is 0 Å². The van der Waals surface area contributed by atoms with Crippen molar-refractivity contribution in [1.82, 2.24) is 10.2 Å². The number of halogens is 3. The second-order valence-electron chi connectivity index (χ2n) is 5.60. The van der Waals surface area contributed by atoms with Crippen molar-refractivity contribution in [2.75, 3.05) is 13.1 Å². The van der Waals surface area contributed by atoms with Gasteiger partial charge in [0.25, 0.3) is 0 Å². The number of amides is 1. The number of hydrogen-bond acceptors (Lipinski definition) is 3. The number of hydrogen-bond donors (Lipinski definition) is 2. The maximum absolute atomic E-state index is 13.1. The molecule has 1 rings (SSSR count). The topological polar surface area (TPSA) is 69.6 Å². The lowest BCUT2D eigenvalue weighted by molar-refractivity contribution is -0.227. The maximum Gasteiger partial charge on any atom is 0.406 e. The van der Waals surface area contributed by atoms with E-state index in [-0.39, 0.29) is 18.5 Å². The third-order valence-electron chi connectivity index (χ3n) is 4.18. The van der Waals surface area contributed by atoms with Crippen LogP contribution in [0.5, 0.6) is 0 Å². The van der Waals surface area contributed by atoms with Crippen LogP contribution in [0, 0.1) is 5.41 Å². The molecule has 1 amide bonds. The third-order valence-corrected chi connectivity index (χ3v) is 4.18. The zero-order chi connectivity index (χ0) is 16.4. The van der Waals surface area contributed by atoms with Gasteiger partial charge in [-0.2, -0.15) is 13.2 Å². The average molecular weight is 310 g/mol. The number of alkyl halides is 3. The Balaban J connectivity index is 2.81. The van der Waals surface area contributed by atoms with E-state index in [0.29, 0.717) is 6.42 Å². The number of rotatable bonds is 5. The molecule has 0 aliphatic carbocycles. The number of carboxylic acids is 1. The SMILES string of the molecule is CCC(C)NC(=O)C(C)N1CCC(C(=O)O)(C(F)(F)F)C1. The molecule has 0 aromatic rings. The number of aliphatic carboxylic acids is 1. The van der Waals surface area contributed by atoms with E-state index in [2.05, 4.69) is 5.32 Å². The van der Waals surface area contributed by atoms with Crippen LogP contribution in [0.3, 0.4) is 0 Å². The zero-order valence-corrected chi connectivity index (χ0v) is 12.3. The molecule has 1 fully saturated rings. The van der Waals surface area contributed by atoms with Crippen LogP contribution in [0.1, 0.15) is 33.6 Å². The summed E-state index contributed by atoms with van der Waals surface area (Å²) < 4.78 is 39.2. The van der Waals surface area contributed by atoms with Crippen molar-refractivity contribution in [1.29, 1.82) is 0 Å². The quantitative estimate of drug-likeness (QED) is 0.810. The number of carbonyl (C=O) groups excluding carboxylic acids is 1. The van der Waals surface area contributed by atoms with Crippen molar-refractivity contribution in [3.63, 3.8) is 0 Å². The Bertz CT molecular complexity index is 414. The molecule has 1 saturated heterocycles. The number of nitrogens with one attached hydrogen (secondary N) is 1. The lowest BCUT2D eigenvalue weighted by Crippen LogP contribution is -2.51. The molecule has 0 bridgehead atoms. The molecule has 0 spiro atoms. The van der Waals surface area contributed by atoms with E-state index < -0.39 is 36.6 Å². The van der Waals surface area contributed by atoms with E-state index in [1.165, 1.54) is 11.8 Å². The van der Waals surface area contributed by atoms with Gasteiger partial charge in [-0.25, -0.2) is 0 Å². The first-order valence-corrected chi connectivity index (χ1v) is 6.89. The minimum Gasteiger partial charge on any atom is -0.481 e. The van der Waals surface area contributed by atoms with Gasteiger partial charge >= 0.3 is 12.1 Å². The van der Waals surface area contributed by atoms with Gasteiger partial charge in [0.1, 0.15) is 0 Å². The first-order valence-electron chi connectivity index (χ1n) is 6.89. The van der Waals surface area contributed by atoms with Crippen LogP contribution in [-0.4, -0.2) is 53.2 Å². The van der Waals surface area contributed by atoms with Crippen LogP contribution in [0.25, 0.3) is 0 Å². The standard InChI is InChI=1S/C13H21F3N2O3/c1-4-8(2)17-10(19)9(3)18-6-5-12(7-18,11(20)21)13(14,15)16/h8-9H,4-7H2,1-3H3,(H,17,19)(H,20,21). The van der Waals surface area contributed by atoms with Crippen LogP contribution in [0.15, 0.2) is 0 Å². The minimum absolute atomic E-state index is 0.0685. The van der Waals surface area contributed by atoms with Crippen molar-refractivity contribution in [3.8, 4) is 0 Å². The van der Waals surface area contributed by atoms with E-state index in [1.807, 2.05) is 6.92 Å². The van der Waals surface area contributed by atoms with Gasteiger partial charge in [-0.05, 0) is 26.7 Å². The second-order valence-corrected chi connectivity index (χ2v) is 5.60. The molecule has 8 heteroatoms. The summed E-state index contributed by atoms with van der Waals surface area (Å²) in [5, 5.41) is 11.7. The smallest absolute Gasteiger partial charge is 0.406 e. The fraction of sp³-hybridized carbons (Fsp3) is 0.846. The summed E-state index contributed by atoms with van der Waals surface area (Å²) in [5.74, 6) is -2.26. The van der Waals surface area contributed by atoms with Crippen LogP contribution in [-0.2, 0) is 9.59 Å². The van der Waals surface area contributed by atoms with Crippen molar-refractivity contribution < 1.29 is 27.9 Å². The number of nitrogens with zero attached hydrogens (tertiary/aromatic N) is 1. The van der Waals surface area contributed by atoms with E-state index in [4.69, 9.17) is 5.11 Å². The summed E-state index contributed by atoms with van der Waals surface area (Å²) in [6.45, 7) is 4.41. The van der Waals surface area contributed by atoms with E-state index in [1.54, 1.807) is 6.92 Å².